The van der Waals surface area contributed by atoms with Crippen LogP contribution in [0, 0.1) is 0 Å². The van der Waals surface area contributed by atoms with Gasteiger partial charge < -0.3 is 5.32 Å². The van der Waals surface area contributed by atoms with Crippen LogP contribution in [0.5, 0.6) is 0 Å². The number of nitrogens with zero attached hydrogens (tertiary/aromatic N) is 3. The molecule has 3 aromatic rings. The molecule has 0 atom stereocenters. The van der Waals surface area contributed by atoms with Crippen molar-refractivity contribution < 1.29 is 4.79 Å². The average molecular weight is 403 g/mol. The molecule has 1 N–H and O–H groups in total. The number of anilines is 1. The van der Waals surface area contributed by atoms with Crippen LogP contribution in [0.4, 0.5) is 5.69 Å². The number of carbonyl (C=O) groups excluding carboxylic acids is 1. The van der Waals surface area contributed by atoms with Crippen molar-refractivity contribution in [1.82, 2.24) is 15.0 Å². The monoisotopic (exact) mass is 402 g/mol. The molecule has 8 heteroatoms. The Bertz CT molecular complexity index is 940. The highest BCUT2D eigenvalue weighted by atomic mass is 35.5. The van der Waals surface area contributed by atoms with Gasteiger partial charge in [0, 0.05) is 17.2 Å². The summed E-state index contributed by atoms with van der Waals surface area (Å²) in [7, 11) is 0. The Labute approximate surface area is 164 Å². The lowest BCUT2D eigenvalue weighted by Gasteiger charge is -2.10. The van der Waals surface area contributed by atoms with Crippen molar-refractivity contribution in [2.24, 2.45) is 0 Å². The molecule has 1 amide bonds. The average Bonchev–Trinajstić information content (AvgIpc) is 3.35. The molecule has 2 aromatic carbocycles. The predicted molar refractivity (Wildman–Crippen MR) is 108 cm³/mol. The number of carbonyl (C=O) groups is 1. The third-order valence-corrected chi connectivity index (χ3v) is 7.29. The summed E-state index contributed by atoms with van der Waals surface area (Å²) in [5.41, 5.74) is 2.89. The third-order valence-electron chi connectivity index (χ3n) is 3.86. The highest BCUT2D eigenvalue weighted by Crippen LogP contribution is 2.45. The normalized spacial score (nSPS) is 14.5. The largest absolute Gasteiger partial charge is 0.321 e. The summed E-state index contributed by atoms with van der Waals surface area (Å²) in [4.78, 5) is 12.5. The first-order valence-electron chi connectivity index (χ1n) is 8.02. The lowest BCUT2D eigenvalue weighted by atomic mass is 10.2. The highest BCUT2D eigenvalue weighted by Gasteiger charge is 2.19. The number of aromatic nitrogens is 3. The lowest BCUT2D eigenvalue weighted by Crippen LogP contribution is -2.12. The van der Waals surface area contributed by atoms with Gasteiger partial charge in [-0.05, 0) is 29.8 Å². The van der Waals surface area contributed by atoms with Crippen LogP contribution in [0.25, 0.3) is 5.69 Å². The second-order valence-electron chi connectivity index (χ2n) is 5.65. The first-order chi connectivity index (χ1) is 12.7. The van der Waals surface area contributed by atoms with Gasteiger partial charge in [0.05, 0.1) is 21.5 Å². The summed E-state index contributed by atoms with van der Waals surface area (Å²) in [6.45, 7) is 0. The molecular formula is C18H15ClN4OS2. The molecule has 0 unspecified atom stereocenters. The number of thioether (sulfide) groups is 2. The van der Waals surface area contributed by atoms with Crippen LogP contribution in [0.2, 0.25) is 5.02 Å². The van der Waals surface area contributed by atoms with Crippen LogP contribution >= 0.6 is 35.1 Å². The maximum atomic E-state index is 12.5. The van der Waals surface area contributed by atoms with Crippen LogP contribution in [0.1, 0.15) is 20.6 Å². The first kappa shape index (κ1) is 17.5. The van der Waals surface area contributed by atoms with Crippen molar-refractivity contribution in [3.63, 3.8) is 0 Å². The van der Waals surface area contributed by atoms with Gasteiger partial charge in [-0.2, -0.15) is 0 Å². The van der Waals surface area contributed by atoms with Crippen LogP contribution in [0.3, 0.4) is 0 Å². The minimum Gasteiger partial charge on any atom is -0.321 e. The quantitative estimate of drug-likeness (QED) is 0.688. The lowest BCUT2D eigenvalue weighted by molar-refractivity contribution is 0.102. The number of hydrogen-bond donors (Lipinski definition) is 1. The number of benzene rings is 2. The molecule has 2 heterocycles. The SMILES string of the molecule is O=C(Nc1cccc(C2SCCS2)c1)c1cn(-c2ccccc2Cl)nn1. The summed E-state index contributed by atoms with van der Waals surface area (Å²) >= 11 is 10.0. The molecule has 0 bridgehead atoms. The van der Waals surface area contributed by atoms with Gasteiger partial charge in [-0.15, -0.1) is 28.6 Å². The molecule has 0 saturated carbocycles. The zero-order valence-electron chi connectivity index (χ0n) is 13.6. The summed E-state index contributed by atoms with van der Waals surface area (Å²) in [6, 6.07) is 15.2. The topological polar surface area (TPSA) is 59.8 Å². The number of para-hydroxylation sites is 1. The summed E-state index contributed by atoms with van der Waals surface area (Å²) in [5, 5.41) is 11.4. The van der Waals surface area contributed by atoms with Gasteiger partial charge in [0.15, 0.2) is 5.69 Å². The fraction of sp³-hybridized carbons (Fsp3) is 0.167. The maximum absolute atomic E-state index is 12.5. The Kier molecular flexibility index (Phi) is 5.19. The second-order valence-corrected chi connectivity index (χ2v) is 8.78. The Morgan fingerprint density at radius 2 is 1.96 bits per heavy atom. The molecule has 0 spiro atoms. The summed E-state index contributed by atoms with van der Waals surface area (Å²) in [6.07, 6.45) is 1.57. The van der Waals surface area contributed by atoms with Crippen LogP contribution in [-0.4, -0.2) is 32.4 Å². The summed E-state index contributed by atoms with van der Waals surface area (Å²) in [5.74, 6) is 2.03. The number of rotatable bonds is 4. The van der Waals surface area contributed by atoms with E-state index in [4.69, 9.17) is 11.6 Å². The molecule has 1 aromatic heterocycles. The Morgan fingerprint density at radius 3 is 2.77 bits per heavy atom. The van der Waals surface area contributed by atoms with Gasteiger partial charge >= 0.3 is 0 Å². The van der Waals surface area contributed by atoms with Crippen molar-refractivity contribution in [3.05, 3.63) is 71.0 Å². The molecule has 1 fully saturated rings. The van der Waals surface area contributed by atoms with E-state index in [0.717, 1.165) is 17.2 Å². The van der Waals surface area contributed by atoms with Gasteiger partial charge in [0.1, 0.15) is 0 Å². The molecule has 0 aliphatic carbocycles. The van der Waals surface area contributed by atoms with Crippen molar-refractivity contribution >= 4 is 46.7 Å². The summed E-state index contributed by atoms with van der Waals surface area (Å²) < 4.78 is 1.94. The standard InChI is InChI=1S/C18H15ClN4OS2/c19-14-6-1-2-7-16(14)23-11-15(21-22-23)17(24)20-13-5-3-4-12(10-13)18-25-8-9-26-18/h1-7,10-11,18H,8-9H2,(H,20,24). The van der Waals surface area contributed by atoms with E-state index in [1.54, 1.807) is 12.3 Å². The first-order valence-corrected chi connectivity index (χ1v) is 10.5. The number of hydrogen-bond acceptors (Lipinski definition) is 5. The maximum Gasteiger partial charge on any atom is 0.277 e. The molecular weight excluding hydrogens is 388 g/mol. The molecule has 1 aliphatic heterocycles. The van der Waals surface area contributed by atoms with Gasteiger partial charge in [-0.25, -0.2) is 4.68 Å². The predicted octanol–water partition coefficient (Wildman–Crippen LogP) is 4.65. The van der Waals surface area contributed by atoms with Crippen LogP contribution in [-0.2, 0) is 0 Å². The van der Waals surface area contributed by atoms with E-state index in [1.807, 2.05) is 59.9 Å². The Morgan fingerprint density at radius 1 is 1.15 bits per heavy atom. The molecule has 5 nitrogen and oxygen atoms in total. The fourth-order valence-electron chi connectivity index (χ4n) is 2.63. The van der Waals surface area contributed by atoms with E-state index in [0.29, 0.717) is 15.3 Å². The molecule has 0 radical (unpaired) electrons. The zero-order valence-corrected chi connectivity index (χ0v) is 16.0. The van der Waals surface area contributed by atoms with E-state index >= 15 is 0 Å². The van der Waals surface area contributed by atoms with E-state index in [-0.39, 0.29) is 11.6 Å². The van der Waals surface area contributed by atoms with Gasteiger partial charge in [-0.1, -0.05) is 41.1 Å². The van der Waals surface area contributed by atoms with Crippen molar-refractivity contribution in [2.75, 3.05) is 16.8 Å². The third kappa shape index (κ3) is 3.75. The number of halogens is 1. The molecule has 1 aliphatic rings. The van der Waals surface area contributed by atoms with Crippen molar-refractivity contribution in [3.8, 4) is 5.69 Å². The smallest absolute Gasteiger partial charge is 0.277 e. The van der Waals surface area contributed by atoms with Crippen molar-refractivity contribution in [2.45, 2.75) is 4.58 Å². The Hall–Kier alpha value is -1.96. The molecule has 132 valence electrons. The van der Waals surface area contributed by atoms with Crippen molar-refractivity contribution in [1.29, 1.82) is 0 Å². The van der Waals surface area contributed by atoms with Gasteiger partial charge in [0.2, 0.25) is 0 Å². The van der Waals surface area contributed by atoms with Crippen LogP contribution < -0.4 is 5.32 Å². The van der Waals surface area contributed by atoms with E-state index in [2.05, 4.69) is 21.7 Å². The molecule has 26 heavy (non-hydrogen) atoms. The van der Waals surface area contributed by atoms with E-state index in [1.165, 1.54) is 10.2 Å². The van der Waals surface area contributed by atoms with Crippen LogP contribution in [0.15, 0.2) is 54.7 Å². The molecule has 1 saturated heterocycles. The highest BCUT2D eigenvalue weighted by molar-refractivity contribution is 8.19. The zero-order chi connectivity index (χ0) is 17.9. The fourth-order valence-corrected chi connectivity index (χ4v) is 5.69. The minimum atomic E-state index is -0.299. The Balaban J connectivity index is 1.51. The molecule has 4 rings (SSSR count). The number of amides is 1. The minimum absolute atomic E-state index is 0.236. The van der Waals surface area contributed by atoms with E-state index in [9.17, 15) is 4.79 Å². The van der Waals surface area contributed by atoms with Gasteiger partial charge in [0.25, 0.3) is 5.91 Å². The van der Waals surface area contributed by atoms with Gasteiger partial charge in [-0.3, -0.25) is 4.79 Å². The number of nitrogens with one attached hydrogen (secondary N) is 1. The second kappa shape index (κ2) is 7.73. The van der Waals surface area contributed by atoms with E-state index < -0.39 is 0 Å².